The lowest BCUT2D eigenvalue weighted by Crippen LogP contribution is -2.25. The number of carbonyl (C=O) groups is 1. The van der Waals surface area contributed by atoms with Crippen LogP contribution in [0, 0.1) is 0 Å². The number of hydrogen-bond donors (Lipinski definition) is 2. The summed E-state index contributed by atoms with van der Waals surface area (Å²) in [6.45, 7) is 1.37. The number of rotatable bonds is 7. The fourth-order valence-corrected chi connectivity index (χ4v) is 1.94. The molecule has 0 aliphatic rings. The second kappa shape index (κ2) is 7.47. The maximum atomic E-state index is 11.5. The molecule has 0 amide bonds. The second-order valence-electron chi connectivity index (χ2n) is 4.80. The summed E-state index contributed by atoms with van der Waals surface area (Å²) in [7, 11) is 0. The van der Waals surface area contributed by atoms with Crippen molar-refractivity contribution in [2.75, 3.05) is 13.2 Å². The number of aliphatic hydroxyl groups excluding tert-OH is 1. The van der Waals surface area contributed by atoms with Crippen LogP contribution < -0.4 is 9.47 Å². The molecule has 2 aromatic rings. The summed E-state index contributed by atoms with van der Waals surface area (Å²) < 4.78 is 10.8. The smallest absolute Gasteiger partial charge is 0.167 e. The van der Waals surface area contributed by atoms with Crippen LogP contribution in [0.15, 0.2) is 48.5 Å². The molecule has 1 atom stereocenters. The minimum Gasteiger partial charge on any atom is -0.507 e. The quantitative estimate of drug-likeness (QED) is 0.768. The van der Waals surface area contributed by atoms with Crippen molar-refractivity contribution in [3.05, 3.63) is 54.1 Å². The van der Waals surface area contributed by atoms with Crippen molar-refractivity contribution in [3.63, 3.8) is 0 Å². The Labute approximate surface area is 128 Å². The third kappa shape index (κ3) is 4.23. The van der Waals surface area contributed by atoms with Gasteiger partial charge < -0.3 is 19.7 Å². The number of carbonyl (C=O) groups excluding carboxylic acids is 1. The molecule has 5 heteroatoms. The summed E-state index contributed by atoms with van der Waals surface area (Å²) in [6, 6.07) is 13.7. The van der Waals surface area contributed by atoms with E-state index in [9.17, 15) is 15.0 Å². The van der Waals surface area contributed by atoms with Gasteiger partial charge in [-0.3, -0.25) is 4.79 Å². The van der Waals surface area contributed by atoms with Crippen LogP contribution in [0.4, 0.5) is 0 Å². The van der Waals surface area contributed by atoms with Crippen LogP contribution in [0.1, 0.15) is 17.3 Å². The van der Waals surface area contributed by atoms with Crippen molar-refractivity contribution < 1.29 is 24.5 Å². The van der Waals surface area contributed by atoms with E-state index in [4.69, 9.17) is 9.47 Å². The van der Waals surface area contributed by atoms with Crippen LogP contribution in [0.25, 0.3) is 0 Å². The van der Waals surface area contributed by atoms with Gasteiger partial charge in [-0.1, -0.05) is 24.3 Å². The van der Waals surface area contributed by atoms with Gasteiger partial charge in [0.1, 0.15) is 42.1 Å². The fourth-order valence-electron chi connectivity index (χ4n) is 1.94. The van der Waals surface area contributed by atoms with E-state index < -0.39 is 6.10 Å². The van der Waals surface area contributed by atoms with E-state index in [1.807, 2.05) is 18.2 Å². The van der Waals surface area contributed by atoms with Gasteiger partial charge in [-0.05, 0) is 31.2 Å². The molecular formula is C17H18O5. The lowest BCUT2D eigenvalue weighted by Gasteiger charge is -2.15. The molecule has 0 bridgehead atoms. The van der Waals surface area contributed by atoms with E-state index in [1.54, 1.807) is 24.3 Å². The molecule has 22 heavy (non-hydrogen) atoms. The van der Waals surface area contributed by atoms with E-state index in [0.717, 1.165) is 0 Å². The first-order valence-corrected chi connectivity index (χ1v) is 6.89. The number of ketones is 1. The largest absolute Gasteiger partial charge is 0.507 e. The summed E-state index contributed by atoms with van der Waals surface area (Å²) in [4.78, 5) is 11.5. The van der Waals surface area contributed by atoms with Gasteiger partial charge in [0.25, 0.3) is 0 Å². The third-order valence-corrected chi connectivity index (χ3v) is 2.97. The molecule has 0 radical (unpaired) electrons. The molecule has 2 N–H and O–H groups in total. The Bertz CT molecular complexity index is 624. The lowest BCUT2D eigenvalue weighted by molar-refractivity contribution is 0.0619. The lowest BCUT2D eigenvalue weighted by atomic mass is 10.1. The Balaban J connectivity index is 1.90. The molecule has 1 unspecified atom stereocenters. The van der Waals surface area contributed by atoms with Crippen molar-refractivity contribution in [2.45, 2.75) is 13.0 Å². The van der Waals surface area contributed by atoms with Gasteiger partial charge in [0.15, 0.2) is 5.78 Å². The van der Waals surface area contributed by atoms with Gasteiger partial charge in [-0.25, -0.2) is 0 Å². The zero-order chi connectivity index (χ0) is 15.9. The van der Waals surface area contributed by atoms with Crippen molar-refractivity contribution in [2.24, 2.45) is 0 Å². The Kier molecular flexibility index (Phi) is 5.38. The van der Waals surface area contributed by atoms with Crippen molar-refractivity contribution in [3.8, 4) is 17.2 Å². The number of hydrogen-bond acceptors (Lipinski definition) is 5. The highest BCUT2D eigenvalue weighted by molar-refractivity contribution is 5.99. The van der Waals surface area contributed by atoms with Crippen molar-refractivity contribution >= 4 is 5.78 Å². The Hall–Kier alpha value is -2.53. The summed E-state index contributed by atoms with van der Waals surface area (Å²) in [5.74, 6) is 0.456. The highest BCUT2D eigenvalue weighted by Crippen LogP contribution is 2.27. The van der Waals surface area contributed by atoms with Crippen molar-refractivity contribution in [1.29, 1.82) is 0 Å². The minimum absolute atomic E-state index is 0.0451. The molecule has 116 valence electrons. The number of aromatic hydroxyl groups is 1. The Morgan fingerprint density at radius 3 is 2.41 bits per heavy atom. The van der Waals surface area contributed by atoms with E-state index in [0.29, 0.717) is 5.75 Å². The van der Waals surface area contributed by atoms with Gasteiger partial charge in [0, 0.05) is 0 Å². The maximum Gasteiger partial charge on any atom is 0.167 e. The normalized spacial score (nSPS) is 11.7. The van der Waals surface area contributed by atoms with E-state index in [-0.39, 0.29) is 36.1 Å². The first-order chi connectivity index (χ1) is 10.6. The highest BCUT2D eigenvalue weighted by Gasteiger charge is 2.15. The van der Waals surface area contributed by atoms with E-state index >= 15 is 0 Å². The topological polar surface area (TPSA) is 76.0 Å². The number of phenols is 1. The molecule has 2 aromatic carbocycles. The average molecular weight is 302 g/mol. The molecule has 2 rings (SSSR count). The summed E-state index contributed by atoms with van der Waals surface area (Å²) in [5, 5.41) is 19.6. The standard InChI is InChI=1S/C17H18O5/c1-12(18)17-15(20)8-5-9-16(17)22-11-13(19)10-21-14-6-3-2-4-7-14/h2-9,13,19-20H,10-11H2,1H3. The number of benzene rings is 2. The van der Waals surface area contributed by atoms with Crippen LogP contribution >= 0.6 is 0 Å². The molecule has 0 fully saturated rings. The number of Topliss-reactive ketones (excluding diaryl/α,β-unsaturated/α-hetero) is 1. The van der Waals surface area contributed by atoms with Gasteiger partial charge >= 0.3 is 0 Å². The fraction of sp³-hybridized carbons (Fsp3) is 0.235. The monoisotopic (exact) mass is 302 g/mol. The van der Waals surface area contributed by atoms with Crippen LogP contribution in [0.5, 0.6) is 17.2 Å². The predicted octanol–water partition coefficient (Wildman–Crippen LogP) is 2.41. The number of aliphatic hydroxyl groups is 1. The van der Waals surface area contributed by atoms with E-state index in [2.05, 4.69) is 0 Å². The molecule has 0 heterocycles. The van der Waals surface area contributed by atoms with Crippen LogP contribution in [-0.2, 0) is 0 Å². The molecule has 0 saturated heterocycles. The first kappa shape index (κ1) is 15.9. The highest BCUT2D eigenvalue weighted by atomic mass is 16.5. The second-order valence-corrected chi connectivity index (χ2v) is 4.80. The molecule has 0 saturated carbocycles. The zero-order valence-electron chi connectivity index (χ0n) is 12.2. The summed E-state index contributed by atoms with van der Waals surface area (Å²) in [6.07, 6.45) is -0.859. The number of phenolic OH excluding ortho intramolecular Hbond substituents is 1. The first-order valence-electron chi connectivity index (χ1n) is 6.89. The van der Waals surface area contributed by atoms with Gasteiger partial charge in [-0.2, -0.15) is 0 Å². The van der Waals surface area contributed by atoms with Gasteiger partial charge in [0.2, 0.25) is 0 Å². The number of ether oxygens (including phenoxy) is 2. The molecular weight excluding hydrogens is 284 g/mol. The Morgan fingerprint density at radius 2 is 1.73 bits per heavy atom. The molecule has 0 spiro atoms. The van der Waals surface area contributed by atoms with Crippen LogP contribution in [-0.4, -0.2) is 35.3 Å². The molecule has 0 aromatic heterocycles. The van der Waals surface area contributed by atoms with Crippen molar-refractivity contribution in [1.82, 2.24) is 0 Å². The minimum atomic E-state index is -0.859. The summed E-state index contributed by atoms with van der Waals surface area (Å²) in [5.41, 5.74) is 0.110. The van der Waals surface area contributed by atoms with E-state index in [1.165, 1.54) is 13.0 Å². The average Bonchev–Trinajstić information content (AvgIpc) is 2.51. The van der Waals surface area contributed by atoms with Gasteiger partial charge in [0.05, 0.1) is 0 Å². The summed E-state index contributed by atoms with van der Waals surface area (Å²) >= 11 is 0. The molecule has 5 nitrogen and oxygen atoms in total. The van der Waals surface area contributed by atoms with Crippen LogP contribution in [0.3, 0.4) is 0 Å². The maximum absolute atomic E-state index is 11.5. The Morgan fingerprint density at radius 1 is 1.05 bits per heavy atom. The number of para-hydroxylation sites is 1. The van der Waals surface area contributed by atoms with Crippen LogP contribution in [0.2, 0.25) is 0 Å². The predicted molar refractivity (Wildman–Crippen MR) is 81.6 cm³/mol. The van der Waals surface area contributed by atoms with Gasteiger partial charge in [-0.15, -0.1) is 0 Å². The molecule has 0 aliphatic carbocycles. The zero-order valence-corrected chi connectivity index (χ0v) is 12.2. The third-order valence-electron chi connectivity index (χ3n) is 2.97. The molecule has 0 aliphatic heterocycles. The SMILES string of the molecule is CC(=O)c1c(O)cccc1OCC(O)COc1ccccc1.